The van der Waals surface area contributed by atoms with Gasteiger partial charge in [-0.15, -0.1) is 12.4 Å². The van der Waals surface area contributed by atoms with Crippen molar-refractivity contribution in [2.75, 3.05) is 33.9 Å². The van der Waals surface area contributed by atoms with E-state index in [0.717, 1.165) is 0 Å². The number of benzene rings is 1. The fourth-order valence-electron chi connectivity index (χ4n) is 1.72. The molecule has 1 rings (SSSR count). The maximum atomic E-state index is 11.8. The minimum absolute atomic E-state index is 0. The van der Waals surface area contributed by atoms with Gasteiger partial charge in [0.2, 0.25) is 0 Å². The molecule has 3 N–H and O–H groups in total. The second-order valence-electron chi connectivity index (χ2n) is 4.67. The Morgan fingerprint density at radius 2 is 2.00 bits per heavy atom. The van der Waals surface area contributed by atoms with Gasteiger partial charge < -0.3 is 25.2 Å². The van der Waals surface area contributed by atoms with Crippen LogP contribution >= 0.6 is 12.4 Å². The second kappa shape index (κ2) is 10.8. The number of rotatable bonds is 8. The molecule has 23 heavy (non-hydrogen) atoms. The quantitative estimate of drug-likeness (QED) is 0.473. The van der Waals surface area contributed by atoms with Crippen molar-refractivity contribution >= 4 is 24.3 Å². The lowest BCUT2D eigenvalue weighted by Crippen LogP contribution is -2.34. The third kappa shape index (κ3) is 6.85. The topological polar surface area (TPSA) is 96.9 Å². The molecule has 0 radical (unpaired) electrons. The Kier molecular flexibility index (Phi) is 9.96. The summed E-state index contributed by atoms with van der Waals surface area (Å²) in [5.41, 5.74) is 0.732. The van der Waals surface area contributed by atoms with Gasteiger partial charge in [-0.2, -0.15) is 0 Å². The van der Waals surface area contributed by atoms with Gasteiger partial charge in [0.25, 0.3) is 5.91 Å². The molecule has 0 saturated carbocycles. The predicted molar refractivity (Wildman–Crippen MR) is 88.1 cm³/mol. The van der Waals surface area contributed by atoms with E-state index in [4.69, 9.17) is 4.74 Å². The summed E-state index contributed by atoms with van der Waals surface area (Å²) in [4.78, 5) is 23.4. The highest BCUT2D eigenvalue weighted by atomic mass is 35.5. The largest absolute Gasteiger partial charge is 0.483 e. The van der Waals surface area contributed by atoms with Crippen LogP contribution < -0.4 is 15.4 Å². The number of amides is 1. The molecule has 0 saturated heterocycles. The Balaban J connectivity index is 0.00000484. The summed E-state index contributed by atoms with van der Waals surface area (Å²) < 4.78 is 10.1. The van der Waals surface area contributed by atoms with Gasteiger partial charge in [-0.25, -0.2) is 4.79 Å². The molecule has 1 aromatic rings. The van der Waals surface area contributed by atoms with Crippen LogP contribution in [-0.4, -0.2) is 50.8 Å². The van der Waals surface area contributed by atoms with Crippen molar-refractivity contribution in [1.82, 2.24) is 10.6 Å². The fraction of sp³-hybridized carbons (Fsp3) is 0.467. The van der Waals surface area contributed by atoms with Crippen LogP contribution in [0.25, 0.3) is 0 Å². The molecule has 0 spiro atoms. The standard InChI is InChI=1S/C15H22N2O5.ClH/c1-10(18)11-4-5-13(12(8-11)15(20)21-3)22-9-14(19)17-7-6-16-2;/h4-5,8,10,16,18H,6-7,9H2,1-3H3,(H,17,19);1H. The number of hydrogen-bond donors (Lipinski definition) is 3. The first-order valence-electron chi connectivity index (χ1n) is 6.94. The molecule has 0 aliphatic rings. The van der Waals surface area contributed by atoms with E-state index in [1.54, 1.807) is 20.0 Å². The minimum atomic E-state index is -0.720. The number of carbonyl (C=O) groups excluding carboxylic acids is 2. The minimum Gasteiger partial charge on any atom is -0.483 e. The molecule has 0 aromatic heterocycles. The predicted octanol–water partition coefficient (Wildman–Crippen LogP) is 0.663. The highest BCUT2D eigenvalue weighted by molar-refractivity contribution is 5.92. The summed E-state index contributed by atoms with van der Waals surface area (Å²) in [5.74, 6) is -0.640. The van der Waals surface area contributed by atoms with Crippen LogP contribution in [0.3, 0.4) is 0 Å². The van der Waals surface area contributed by atoms with Crippen molar-refractivity contribution in [3.8, 4) is 5.75 Å². The molecule has 0 heterocycles. The van der Waals surface area contributed by atoms with E-state index in [2.05, 4.69) is 15.4 Å². The molecule has 1 aromatic carbocycles. The van der Waals surface area contributed by atoms with Crippen molar-refractivity contribution in [3.05, 3.63) is 29.3 Å². The van der Waals surface area contributed by atoms with E-state index in [1.807, 2.05) is 0 Å². The summed E-state index contributed by atoms with van der Waals surface area (Å²) in [5, 5.41) is 15.1. The number of likely N-dealkylation sites (N-methyl/N-ethyl adjacent to an activating group) is 1. The Morgan fingerprint density at radius 1 is 1.30 bits per heavy atom. The van der Waals surface area contributed by atoms with Gasteiger partial charge in [0.05, 0.1) is 13.2 Å². The van der Waals surface area contributed by atoms with E-state index in [9.17, 15) is 14.7 Å². The summed E-state index contributed by atoms with van der Waals surface area (Å²) in [6.45, 7) is 2.53. The highest BCUT2D eigenvalue weighted by Gasteiger charge is 2.16. The zero-order chi connectivity index (χ0) is 16.5. The van der Waals surface area contributed by atoms with Crippen LogP contribution in [0.2, 0.25) is 0 Å². The molecule has 1 amide bonds. The highest BCUT2D eigenvalue weighted by Crippen LogP contribution is 2.24. The Hall–Kier alpha value is -1.83. The lowest BCUT2D eigenvalue weighted by molar-refractivity contribution is -0.123. The molecule has 1 atom stereocenters. The molecule has 0 bridgehead atoms. The van der Waals surface area contributed by atoms with Gasteiger partial charge in [-0.1, -0.05) is 6.07 Å². The third-order valence-electron chi connectivity index (χ3n) is 2.95. The first kappa shape index (κ1) is 21.2. The summed E-state index contributed by atoms with van der Waals surface area (Å²) >= 11 is 0. The first-order chi connectivity index (χ1) is 10.5. The fourth-order valence-corrected chi connectivity index (χ4v) is 1.72. The van der Waals surface area contributed by atoms with Crippen LogP contribution in [0.4, 0.5) is 0 Å². The first-order valence-corrected chi connectivity index (χ1v) is 6.94. The zero-order valence-corrected chi connectivity index (χ0v) is 14.2. The Bertz CT molecular complexity index is 523. The van der Waals surface area contributed by atoms with E-state index in [-0.39, 0.29) is 36.2 Å². The second-order valence-corrected chi connectivity index (χ2v) is 4.67. The molecule has 8 heteroatoms. The van der Waals surface area contributed by atoms with Gasteiger partial charge in [0.15, 0.2) is 6.61 Å². The van der Waals surface area contributed by atoms with Crippen LogP contribution in [0.15, 0.2) is 18.2 Å². The third-order valence-corrected chi connectivity index (χ3v) is 2.95. The van der Waals surface area contributed by atoms with E-state index >= 15 is 0 Å². The Labute approximate surface area is 141 Å². The lowest BCUT2D eigenvalue weighted by atomic mass is 10.1. The van der Waals surface area contributed by atoms with Crippen LogP contribution in [0, 0.1) is 0 Å². The average Bonchev–Trinajstić information content (AvgIpc) is 2.52. The molecule has 0 aliphatic carbocycles. The summed E-state index contributed by atoms with van der Waals surface area (Å²) in [7, 11) is 3.04. The molecular formula is C15H23ClN2O5. The van der Waals surface area contributed by atoms with Crippen molar-refractivity contribution < 1.29 is 24.2 Å². The lowest BCUT2D eigenvalue weighted by Gasteiger charge is -2.13. The van der Waals surface area contributed by atoms with Gasteiger partial charge in [0, 0.05) is 13.1 Å². The molecular weight excluding hydrogens is 324 g/mol. The maximum Gasteiger partial charge on any atom is 0.341 e. The Morgan fingerprint density at radius 3 is 2.57 bits per heavy atom. The van der Waals surface area contributed by atoms with Gasteiger partial charge in [-0.3, -0.25) is 4.79 Å². The SMILES string of the molecule is CNCCNC(=O)COc1ccc(C(C)O)cc1C(=O)OC.Cl. The molecule has 7 nitrogen and oxygen atoms in total. The smallest absolute Gasteiger partial charge is 0.341 e. The maximum absolute atomic E-state index is 11.8. The molecule has 1 unspecified atom stereocenters. The van der Waals surface area contributed by atoms with E-state index in [0.29, 0.717) is 18.7 Å². The summed E-state index contributed by atoms with van der Waals surface area (Å²) in [6, 6.07) is 4.66. The van der Waals surface area contributed by atoms with Crippen LogP contribution in [0.5, 0.6) is 5.75 Å². The molecule has 0 aliphatic heterocycles. The molecule has 130 valence electrons. The zero-order valence-electron chi connectivity index (χ0n) is 13.4. The van der Waals surface area contributed by atoms with Gasteiger partial charge >= 0.3 is 5.97 Å². The number of halogens is 1. The van der Waals surface area contributed by atoms with Gasteiger partial charge in [-0.05, 0) is 31.7 Å². The monoisotopic (exact) mass is 346 g/mol. The van der Waals surface area contributed by atoms with Crippen molar-refractivity contribution in [3.63, 3.8) is 0 Å². The van der Waals surface area contributed by atoms with Crippen LogP contribution in [0.1, 0.15) is 28.9 Å². The van der Waals surface area contributed by atoms with Crippen molar-refractivity contribution in [2.45, 2.75) is 13.0 Å². The number of aliphatic hydroxyl groups is 1. The number of nitrogens with one attached hydrogen (secondary N) is 2. The summed E-state index contributed by atoms with van der Waals surface area (Å²) in [6.07, 6.45) is -0.720. The van der Waals surface area contributed by atoms with Crippen molar-refractivity contribution in [1.29, 1.82) is 0 Å². The normalized spacial score (nSPS) is 11.1. The van der Waals surface area contributed by atoms with Crippen LogP contribution in [-0.2, 0) is 9.53 Å². The molecule has 0 fully saturated rings. The average molecular weight is 347 g/mol. The van der Waals surface area contributed by atoms with E-state index < -0.39 is 12.1 Å². The number of carbonyl (C=O) groups is 2. The van der Waals surface area contributed by atoms with Crippen molar-refractivity contribution in [2.24, 2.45) is 0 Å². The number of hydrogen-bond acceptors (Lipinski definition) is 6. The number of aliphatic hydroxyl groups excluding tert-OH is 1. The number of ether oxygens (including phenoxy) is 2. The van der Waals surface area contributed by atoms with E-state index in [1.165, 1.54) is 19.2 Å². The van der Waals surface area contributed by atoms with Gasteiger partial charge in [0.1, 0.15) is 11.3 Å². The number of esters is 1. The number of methoxy groups -OCH3 is 1.